The SMILES string of the molecule is CC1CCCCCCCCCC1C1CCCCCCCCN1C. The zero-order valence-corrected chi connectivity index (χ0v) is 16.2. The van der Waals surface area contributed by atoms with Gasteiger partial charge in [0.25, 0.3) is 0 Å². The van der Waals surface area contributed by atoms with Gasteiger partial charge in [-0.3, -0.25) is 0 Å². The Balaban J connectivity index is 1.99. The van der Waals surface area contributed by atoms with E-state index in [0.717, 1.165) is 17.9 Å². The van der Waals surface area contributed by atoms with E-state index in [4.69, 9.17) is 0 Å². The summed E-state index contributed by atoms with van der Waals surface area (Å²) in [7, 11) is 2.43. The van der Waals surface area contributed by atoms with Crippen LogP contribution < -0.4 is 0 Å². The average molecular weight is 322 g/mol. The zero-order chi connectivity index (χ0) is 16.3. The summed E-state index contributed by atoms with van der Waals surface area (Å²) in [5.41, 5.74) is 0. The Morgan fingerprint density at radius 2 is 1.04 bits per heavy atom. The van der Waals surface area contributed by atoms with Crippen molar-refractivity contribution < 1.29 is 0 Å². The Morgan fingerprint density at radius 3 is 1.70 bits per heavy atom. The number of rotatable bonds is 1. The Labute approximate surface area is 146 Å². The second kappa shape index (κ2) is 11.5. The van der Waals surface area contributed by atoms with E-state index in [1.54, 1.807) is 0 Å². The Hall–Kier alpha value is -0.0400. The molecule has 1 aliphatic heterocycles. The lowest BCUT2D eigenvalue weighted by Gasteiger charge is -2.39. The van der Waals surface area contributed by atoms with E-state index in [1.807, 2.05) is 0 Å². The van der Waals surface area contributed by atoms with Crippen LogP contribution in [0.3, 0.4) is 0 Å². The highest BCUT2D eigenvalue weighted by Gasteiger charge is 2.29. The molecule has 1 saturated heterocycles. The van der Waals surface area contributed by atoms with Crippen LogP contribution in [0, 0.1) is 11.8 Å². The fourth-order valence-corrected chi connectivity index (χ4v) is 5.15. The monoisotopic (exact) mass is 321 g/mol. The zero-order valence-electron chi connectivity index (χ0n) is 16.2. The van der Waals surface area contributed by atoms with Gasteiger partial charge in [0.15, 0.2) is 0 Å². The van der Waals surface area contributed by atoms with E-state index in [2.05, 4.69) is 18.9 Å². The van der Waals surface area contributed by atoms with Gasteiger partial charge in [0, 0.05) is 6.04 Å². The number of hydrogen-bond donors (Lipinski definition) is 0. The molecule has 0 bridgehead atoms. The highest BCUT2D eigenvalue weighted by Crippen LogP contribution is 2.33. The van der Waals surface area contributed by atoms with Gasteiger partial charge in [-0.25, -0.2) is 0 Å². The molecule has 0 aromatic heterocycles. The lowest BCUT2D eigenvalue weighted by Crippen LogP contribution is -2.41. The molecule has 0 radical (unpaired) electrons. The molecule has 0 aromatic carbocycles. The van der Waals surface area contributed by atoms with Gasteiger partial charge < -0.3 is 4.90 Å². The molecule has 1 aliphatic carbocycles. The van der Waals surface area contributed by atoms with Crippen LogP contribution in [0.2, 0.25) is 0 Å². The van der Waals surface area contributed by atoms with E-state index in [-0.39, 0.29) is 0 Å². The molecule has 23 heavy (non-hydrogen) atoms. The third-order valence-corrected chi connectivity index (χ3v) is 6.75. The van der Waals surface area contributed by atoms with Crippen molar-refractivity contribution in [2.75, 3.05) is 13.6 Å². The molecule has 2 fully saturated rings. The molecular formula is C22H43N. The van der Waals surface area contributed by atoms with E-state index in [9.17, 15) is 0 Å². The van der Waals surface area contributed by atoms with Gasteiger partial charge in [0.2, 0.25) is 0 Å². The van der Waals surface area contributed by atoms with Crippen LogP contribution in [0.4, 0.5) is 0 Å². The normalized spacial score (nSPS) is 34.4. The second-order valence-corrected chi connectivity index (χ2v) is 8.65. The fourth-order valence-electron chi connectivity index (χ4n) is 5.15. The van der Waals surface area contributed by atoms with Gasteiger partial charge in [-0.05, 0) is 44.7 Å². The maximum absolute atomic E-state index is 2.77. The molecule has 1 heteroatoms. The molecule has 0 aromatic rings. The fraction of sp³-hybridized carbons (Fsp3) is 1.00. The van der Waals surface area contributed by atoms with Crippen molar-refractivity contribution in [2.45, 2.75) is 116 Å². The molecule has 0 N–H and O–H groups in total. The van der Waals surface area contributed by atoms with Crippen LogP contribution >= 0.6 is 0 Å². The summed E-state index contributed by atoms with van der Waals surface area (Å²) in [6, 6.07) is 0.865. The first kappa shape index (κ1) is 19.3. The lowest BCUT2D eigenvalue weighted by atomic mass is 9.78. The number of nitrogens with zero attached hydrogens (tertiary/aromatic N) is 1. The third-order valence-electron chi connectivity index (χ3n) is 6.75. The van der Waals surface area contributed by atoms with Crippen LogP contribution in [0.5, 0.6) is 0 Å². The summed E-state index contributed by atoms with van der Waals surface area (Å²) in [6.45, 7) is 3.92. The van der Waals surface area contributed by atoms with Crippen molar-refractivity contribution in [3.8, 4) is 0 Å². The number of hydrogen-bond acceptors (Lipinski definition) is 1. The summed E-state index contributed by atoms with van der Waals surface area (Å²) >= 11 is 0. The van der Waals surface area contributed by atoms with Gasteiger partial charge in [-0.15, -0.1) is 0 Å². The molecular weight excluding hydrogens is 278 g/mol. The summed E-state index contributed by atoms with van der Waals surface area (Å²) in [4.78, 5) is 2.77. The highest BCUT2D eigenvalue weighted by molar-refractivity contribution is 4.82. The summed E-state index contributed by atoms with van der Waals surface area (Å²) in [5.74, 6) is 1.89. The minimum Gasteiger partial charge on any atom is -0.303 e. The van der Waals surface area contributed by atoms with Crippen molar-refractivity contribution in [2.24, 2.45) is 11.8 Å². The maximum atomic E-state index is 2.77. The van der Waals surface area contributed by atoms with Crippen molar-refractivity contribution in [1.82, 2.24) is 4.90 Å². The van der Waals surface area contributed by atoms with Crippen LogP contribution in [-0.4, -0.2) is 24.5 Å². The van der Waals surface area contributed by atoms with Gasteiger partial charge in [-0.2, -0.15) is 0 Å². The van der Waals surface area contributed by atoms with Crippen LogP contribution in [0.15, 0.2) is 0 Å². The van der Waals surface area contributed by atoms with Crippen molar-refractivity contribution in [3.05, 3.63) is 0 Å². The molecule has 1 nitrogen and oxygen atoms in total. The second-order valence-electron chi connectivity index (χ2n) is 8.65. The van der Waals surface area contributed by atoms with Crippen molar-refractivity contribution in [3.63, 3.8) is 0 Å². The quantitative estimate of drug-likeness (QED) is 0.513. The first-order valence-corrected chi connectivity index (χ1v) is 11.0. The predicted octanol–water partition coefficient (Wildman–Crippen LogP) is 6.81. The van der Waals surface area contributed by atoms with Gasteiger partial charge in [0.05, 0.1) is 0 Å². The summed E-state index contributed by atoms with van der Waals surface area (Å²) < 4.78 is 0. The minimum absolute atomic E-state index is 0.865. The molecule has 1 heterocycles. The van der Waals surface area contributed by atoms with E-state index < -0.39 is 0 Å². The predicted molar refractivity (Wildman–Crippen MR) is 103 cm³/mol. The Bertz CT molecular complexity index is 288. The topological polar surface area (TPSA) is 3.24 Å². The maximum Gasteiger partial charge on any atom is 0.0123 e. The van der Waals surface area contributed by atoms with Crippen molar-refractivity contribution in [1.29, 1.82) is 0 Å². The molecule has 3 atom stereocenters. The third kappa shape index (κ3) is 7.16. The highest BCUT2D eigenvalue weighted by atomic mass is 15.1. The molecule has 0 amide bonds. The minimum atomic E-state index is 0.865. The van der Waals surface area contributed by atoms with Gasteiger partial charge in [-0.1, -0.05) is 90.4 Å². The summed E-state index contributed by atoms with van der Waals surface area (Å²) in [5, 5.41) is 0. The van der Waals surface area contributed by atoms with E-state index in [1.165, 1.54) is 109 Å². The molecule has 1 saturated carbocycles. The first-order chi connectivity index (χ1) is 11.3. The molecule has 3 unspecified atom stereocenters. The Morgan fingerprint density at radius 1 is 0.565 bits per heavy atom. The van der Waals surface area contributed by atoms with Crippen LogP contribution in [0.1, 0.15) is 110 Å². The van der Waals surface area contributed by atoms with Crippen LogP contribution in [0.25, 0.3) is 0 Å². The van der Waals surface area contributed by atoms with Gasteiger partial charge >= 0.3 is 0 Å². The van der Waals surface area contributed by atoms with Crippen LogP contribution in [-0.2, 0) is 0 Å². The Kier molecular flexibility index (Phi) is 9.65. The first-order valence-electron chi connectivity index (χ1n) is 11.0. The average Bonchev–Trinajstić information content (AvgIpc) is 2.60. The smallest absolute Gasteiger partial charge is 0.0123 e. The van der Waals surface area contributed by atoms with E-state index >= 15 is 0 Å². The van der Waals surface area contributed by atoms with E-state index in [0.29, 0.717) is 0 Å². The standard InChI is InChI=1S/C22H43N/c1-20-16-12-8-4-3-5-9-13-17-21(20)22-18-14-10-6-7-11-15-19-23(22)2/h20-22H,3-19H2,1-2H3. The molecule has 0 spiro atoms. The van der Waals surface area contributed by atoms with Crippen molar-refractivity contribution >= 4 is 0 Å². The summed E-state index contributed by atoms with van der Waals surface area (Å²) in [6.07, 6.45) is 23.6. The lowest BCUT2D eigenvalue weighted by molar-refractivity contribution is 0.108. The molecule has 136 valence electrons. The van der Waals surface area contributed by atoms with Gasteiger partial charge in [0.1, 0.15) is 0 Å². The molecule has 2 aliphatic rings. The molecule has 2 rings (SSSR count). The largest absolute Gasteiger partial charge is 0.303 e.